The summed E-state index contributed by atoms with van der Waals surface area (Å²) < 4.78 is 11.9. The van der Waals surface area contributed by atoms with E-state index in [9.17, 15) is 4.39 Å². The Hall–Kier alpha value is -3.98. The van der Waals surface area contributed by atoms with Gasteiger partial charge in [0, 0.05) is 30.9 Å². The van der Waals surface area contributed by atoms with Gasteiger partial charge in [0.2, 0.25) is 0 Å². The van der Waals surface area contributed by atoms with E-state index in [1.807, 2.05) is 18.2 Å². The van der Waals surface area contributed by atoms with Gasteiger partial charge in [-0.15, -0.1) is 0 Å². The Morgan fingerprint density at radius 3 is 2.54 bits per heavy atom. The third-order valence-corrected chi connectivity index (χ3v) is 6.79. The average molecular weight is 471 g/mol. The average Bonchev–Trinajstić information content (AvgIpc) is 3.61. The van der Waals surface area contributed by atoms with Crippen LogP contribution in [-0.4, -0.2) is 45.3 Å². The predicted molar refractivity (Wildman–Crippen MR) is 135 cm³/mol. The highest BCUT2D eigenvalue weighted by Gasteiger charge is 2.51. The molecule has 2 aliphatic rings. The molecular formula is C26H27FN8. The van der Waals surface area contributed by atoms with Crippen molar-refractivity contribution in [2.45, 2.75) is 6.42 Å². The molecule has 3 atom stereocenters. The van der Waals surface area contributed by atoms with Gasteiger partial charge in [-0.05, 0) is 61.1 Å². The number of anilines is 2. The van der Waals surface area contributed by atoms with E-state index in [-0.39, 0.29) is 17.3 Å². The van der Waals surface area contributed by atoms with Crippen LogP contribution in [0.25, 0.3) is 10.9 Å². The normalized spacial score (nSPS) is 20.5. The molecule has 2 fully saturated rings. The number of hydrogen-bond donors (Lipinski definition) is 3. The first-order valence-corrected chi connectivity index (χ1v) is 11.6. The number of piperidine rings is 1. The van der Waals surface area contributed by atoms with Crippen molar-refractivity contribution in [1.29, 1.82) is 5.41 Å². The standard InChI is InChI=1S/C20H22N8.C6H5F/c21-8-13-11-4-7-28(10-14(11)13)16-9-26-19(20(23)27-16)17(22)18-12-2-1-5-24-15(12)3-6-25-18;7-6-4-2-1-3-5-6/h1-3,5-6,9,11,13-14,22H,4,7-8,10,21H2,(H2,23,27);1-5H. The number of fused-ring (bicyclic) bond motifs is 2. The summed E-state index contributed by atoms with van der Waals surface area (Å²) in [7, 11) is 0. The number of hydrogen-bond acceptors (Lipinski definition) is 8. The molecule has 0 spiro atoms. The lowest BCUT2D eigenvalue weighted by atomic mass is 10.1. The van der Waals surface area contributed by atoms with E-state index in [2.05, 4.69) is 24.8 Å². The van der Waals surface area contributed by atoms with E-state index in [1.54, 1.807) is 36.8 Å². The summed E-state index contributed by atoms with van der Waals surface area (Å²) in [6.45, 7) is 2.66. The maximum atomic E-state index is 11.9. The molecule has 178 valence electrons. The molecule has 4 heterocycles. The zero-order chi connectivity index (χ0) is 24.4. The molecule has 3 unspecified atom stereocenters. The van der Waals surface area contributed by atoms with E-state index in [1.165, 1.54) is 12.1 Å². The lowest BCUT2D eigenvalue weighted by molar-refractivity contribution is 0.546. The molecule has 1 aliphatic carbocycles. The molecule has 35 heavy (non-hydrogen) atoms. The molecule has 4 aromatic rings. The van der Waals surface area contributed by atoms with Crippen molar-refractivity contribution >= 4 is 28.3 Å². The molecule has 5 N–H and O–H groups in total. The molecule has 1 saturated heterocycles. The van der Waals surface area contributed by atoms with Crippen molar-refractivity contribution in [3.8, 4) is 0 Å². The molecule has 0 amide bonds. The maximum absolute atomic E-state index is 11.9. The smallest absolute Gasteiger partial charge is 0.154 e. The Balaban J connectivity index is 0.000000313. The first-order chi connectivity index (χ1) is 17.1. The second kappa shape index (κ2) is 9.71. The van der Waals surface area contributed by atoms with E-state index >= 15 is 0 Å². The third kappa shape index (κ3) is 4.67. The molecule has 1 saturated carbocycles. The van der Waals surface area contributed by atoms with Crippen molar-refractivity contribution in [3.05, 3.63) is 84.3 Å². The molecule has 9 heteroatoms. The zero-order valence-electron chi connectivity index (χ0n) is 19.2. The Labute approximate surface area is 202 Å². The zero-order valence-corrected chi connectivity index (χ0v) is 19.2. The number of nitrogen functional groups attached to an aromatic ring is 1. The summed E-state index contributed by atoms with van der Waals surface area (Å²) in [5.74, 6) is 2.91. The number of halogens is 1. The molecular weight excluding hydrogens is 443 g/mol. The minimum absolute atomic E-state index is 0.152. The quantitative estimate of drug-likeness (QED) is 0.390. The first kappa shape index (κ1) is 22.8. The van der Waals surface area contributed by atoms with Crippen LogP contribution >= 0.6 is 0 Å². The summed E-state index contributed by atoms with van der Waals surface area (Å²) in [6, 6.07) is 13.5. The summed E-state index contributed by atoms with van der Waals surface area (Å²) in [4.78, 5) is 19.9. The Morgan fingerprint density at radius 1 is 1.00 bits per heavy atom. The molecule has 1 aromatic carbocycles. The third-order valence-electron chi connectivity index (χ3n) is 6.79. The molecule has 0 bridgehead atoms. The van der Waals surface area contributed by atoms with E-state index in [4.69, 9.17) is 16.9 Å². The lowest BCUT2D eigenvalue weighted by Gasteiger charge is -2.27. The van der Waals surface area contributed by atoms with E-state index < -0.39 is 0 Å². The molecule has 1 aliphatic heterocycles. The van der Waals surface area contributed by atoms with Gasteiger partial charge in [0.05, 0.1) is 17.4 Å². The topological polar surface area (TPSA) is 131 Å². The Bertz CT molecular complexity index is 1340. The summed E-state index contributed by atoms with van der Waals surface area (Å²) in [5, 5.41) is 9.39. The van der Waals surface area contributed by atoms with Crippen LogP contribution < -0.4 is 16.4 Å². The predicted octanol–water partition coefficient (Wildman–Crippen LogP) is 3.27. The van der Waals surface area contributed by atoms with Crippen LogP contribution in [0.1, 0.15) is 17.8 Å². The summed E-state index contributed by atoms with van der Waals surface area (Å²) >= 11 is 0. The molecule has 3 aromatic heterocycles. The summed E-state index contributed by atoms with van der Waals surface area (Å²) in [6.07, 6.45) is 6.21. The van der Waals surface area contributed by atoms with Gasteiger partial charge in [0.15, 0.2) is 5.82 Å². The number of nitrogens with two attached hydrogens (primary N) is 2. The summed E-state index contributed by atoms with van der Waals surface area (Å²) in [5.41, 5.74) is 13.8. The fraction of sp³-hybridized carbons (Fsp3) is 0.269. The van der Waals surface area contributed by atoms with Crippen LogP contribution in [0, 0.1) is 29.0 Å². The maximum Gasteiger partial charge on any atom is 0.154 e. The van der Waals surface area contributed by atoms with Crippen LogP contribution in [0.5, 0.6) is 0 Å². The van der Waals surface area contributed by atoms with Gasteiger partial charge in [-0.1, -0.05) is 18.2 Å². The van der Waals surface area contributed by atoms with Crippen molar-refractivity contribution in [1.82, 2.24) is 19.9 Å². The largest absolute Gasteiger partial charge is 0.382 e. The van der Waals surface area contributed by atoms with Gasteiger partial charge in [0.1, 0.15) is 23.0 Å². The van der Waals surface area contributed by atoms with Gasteiger partial charge in [-0.3, -0.25) is 15.4 Å². The second-order valence-corrected chi connectivity index (χ2v) is 8.82. The second-order valence-electron chi connectivity index (χ2n) is 8.82. The highest BCUT2D eigenvalue weighted by Crippen LogP contribution is 2.51. The first-order valence-electron chi connectivity index (χ1n) is 11.6. The molecule has 8 nitrogen and oxygen atoms in total. The highest BCUT2D eigenvalue weighted by atomic mass is 19.1. The minimum Gasteiger partial charge on any atom is -0.382 e. The Morgan fingerprint density at radius 2 is 1.83 bits per heavy atom. The van der Waals surface area contributed by atoms with Crippen molar-refractivity contribution in [3.63, 3.8) is 0 Å². The van der Waals surface area contributed by atoms with Crippen molar-refractivity contribution in [2.75, 3.05) is 30.3 Å². The SMILES string of the molecule is Fc1ccccc1.N=C(c1ncc(N2CCC3C(CN)C3C2)nc1N)c1nccc2ncccc12. The number of benzene rings is 1. The number of aromatic nitrogens is 4. The number of rotatable bonds is 4. The monoisotopic (exact) mass is 470 g/mol. The van der Waals surface area contributed by atoms with Crippen LogP contribution in [0.3, 0.4) is 0 Å². The van der Waals surface area contributed by atoms with E-state index in [0.717, 1.165) is 48.7 Å². The van der Waals surface area contributed by atoms with Gasteiger partial charge in [0.25, 0.3) is 0 Å². The van der Waals surface area contributed by atoms with Crippen LogP contribution in [0.4, 0.5) is 16.0 Å². The van der Waals surface area contributed by atoms with E-state index in [0.29, 0.717) is 23.2 Å². The van der Waals surface area contributed by atoms with Crippen LogP contribution in [0.15, 0.2) is 67.1 Å². The fourth-order valence-electron chi connectivity index (χ4n) is 4.90. The number of nitrogens with zero attached hydrogens (tertiary/aromatic N) is 5. The Kier molecular flexibility index (Phi) is 6.33. The van der Waals surface area contributed by atoms with Gasteiger partial charge in [-0.25, -0.2) is 14.4 Å². The van der Waals surface area contributed by atoms with Crippen LogP contribution in [-0.2, 0) is 0 Å². The lowest BCUT2D eigenvalue weighted by Crippen LogP contribution is -2.32. The van der Waals surface area contributed by atoms with Crippen molar-refractivity contribution in [2.24, 2.45) is 23.5 Å². The fourth-order valence-corrected chi connectivity index (χ4v) is 4.90. The van der Waals surface area contributed by atoms with Gasteiger partial charge < -0.3 is 16.4 Å². The van der Waals surface area contributed by atoms with Crippen LogP contribution in [0.2, 0.25) is 0 Å². The minimum atomic E-state index is -0.178. The van der Waals surface area contributed by atoms with Crippen molar-refractivity contribution < 1.29 is 4.39 Å². The van der Waals surface area contributed by atoms with Gasteiger partial charge in [-0.2, -0.15) is 0 Å². The highest BCUT2D eigenvalue weighted by molar-refractivity contribution is 6.16. The number of pyridine rings is 2. The number of nitrogens with one attached hydrogen (secondary N) is 1. The molecule has 6 rings (SSSR count). The van der Waals surface area contributed by atoms with Gasteiger partial charge >= 0.3 is 0 Å². The molecule has 0 radical (unpaired) electrons.